The summed E-state index contributed by atoms with van der Waals surface area (Å²) in [6, 6.07) is 11.0. The Bertz CT molecular complexity index is 941. The summed E-state index contributed by atoms with van der Waals surface area (Å²) < 4.78 is 5.19. The van der Waals surface area contributed by atoms with E-state index in [2.05, 4.69) is 15.5 Å². The Morgan fingerprint density at radius 1 is 1.16 bits per heavy atom. The van der Waals surface area contributed by atoms with Gasteiger partial charge in [0.05, 0.1) is 18.5 Å². The van der Waals surface area contributed by atoms with Crippen LogP contribution < -0.4 is 10.1 Å². The fourth-order valence-corrected chi connectivity index (χ4v) is 2.60. The van der Waals surface area contributed by atoms with E-state index in [0.717, 1.165) is 0 Å². The van der Waals surface area contributed by atoms with E-state index in [1.54, 1.807) is 30.3 Å². The monoisotopic (exact) mass is 377 g/mol. The Morgan fingerprint density at radius 3 is 2.64 bits per heavy atom. The van der Waals surface area contributed by atoms with Crippen molar-refractivity contribution in [2.24, 2.45) is 0 Å². The van der Waals surface area contributed by atoms with Crippen LogP contribution in [0.4, 0.5) is 5.69 Å². The number of hydrogen-bond acceptors (Lipinski definition) is 4. The van der Waals surface area contributed by atoms with E-state index in [9.17, 15) is 9.90 Å². The van der Waals surface area contributed by atoms with E-state index in [1.165, 1.54) is 19.2 Å². The minimum absolute atomic E-state index is 0.0133. The highest BCUT2D eigenvalue weighted by atomic mass is 35.5. The first-order valence-electron chi connectivity index (χ1n) is 7.17. The maximum Gasteiger partial charge on any atom is 0.273 e. The molecule has 0 spiro atoms. The standard InChI is InChI=1S/C17H13Cl2N3O3/c1-25-16-5-3-10(19)7-13(16)20-17(24)14-8-12(21-22-14)11-6-9(18)2-4-15(11)23/h2-8,23H,1H3,(H,20,24)(H,21,22). The number of nitrogens with zero attached hydrogens (tertiary/aromatic N) is 1. The number of amides is 1. The molecule has 0 saturated carbocycles. The zero-order valence-corrected chi connectivity index (χ0v) is 14.5. The third-order valence-corrected chi connectivity index (χ3v) is 3.94. The van der Waals surface area contributed by atoms with Crippen LogP contribution in [0.3, 0.4) is 0 Å². The summed E-state index contributed by atoms with van der Waals surface area (Å²) in [6.45, 7) is 0. The van der Waals surface area contributed by atoms with Crippen LogP contribution in [0.1, 0.15) is 10.5 Å². The van der Waals surface area contributed by atoms with Crippen LogP contribution in [-0.4, -0.2) is 28.3 Å². The first kappa shape index (κ1) is 17.1. The Morgan fingerprint density at radius 2 is 1.88 bits per heavy atom. The number of phenolic OH excluding ortho intramolecular Hbond substituents is 1. The predicted octanol–water partition coefficient (Wildman–Crippen LogP) is 4.35. The number of halogens is 2. The summed E-state index contributed by atoms with van der Waals surface area (Å²) in [4.78, 5) is 12.4. The predicted molar refractivity (Wildman–Crippen MR) is 96.7 cm³/mol. The number of hydrogen-bond donors (Lipinski definition) is 3. The number of carbonyl (C=O) groups excluding carboxylic acids is 1. The fourth-order valence-electron chi connectivity index (χ4n) is 2.26. The molecule has 1 aromatic heterocycles. The quantitative estimate of drug-likeness (QED) is 0.630. The molecule has 8 heteroatoms. The summed E-state index contributed by atoms with van der Waals surface area (Å²) in [5, 5.41) is 20.2. The zero-order chi connectivity index (χ0) is 18.0. The first-order valence-corrected chi connectivity index (χ1v) is 7.92. The number of methoxy groups -OCH3 is 1. The number of aromatic hydroxyl groups is 1. The van der Waals surface area contributed by atoms with Gasteiger partial charge in [-0.25, -0.2) is 0 Å². The fraction of sp³-hybridized carbons (Fsp3) is 0.0588. The Balaban J connectivity index is 1.86. The van der Waals surface area contributed by atoms with Crippen LogP contribution in [0.25, 0.3) is 11.3 Å². The van der Waals surface area contributed by atoms with E-state index in [-0.39, 0.29) is 11.4 Å². The molecule has 3 N–H and O–H groups in total. The highest BCUT2D eigenvalue weighted by Crippen LogP contribution is 2.31. The van der Waals surface area contributed by atoms with Crippen molar-refractivity contribution in [2.75, 3.05) is 12.4 Å². The van der Waals surface area contributed by atoms with Gasteiger partial charge in [0.15, 0.2) is 0 Å². The molecule has 3 rings (SSSR count). The van der Waals surface area contributed by atoms with Gasteiger partial charge in [0.25, 0.3) is 5.91 Å². The van der Waals surface area contributed by atoms with Crippen LogP contribution in [-0.2, 0) is 0 Å². The molecule has 1 heterocycles. The maximum absolute atomic E-state index is 12.4. The average Bonchev–Trinajstić information content (AvgIpc) is 3.07. The number of ether oxygens (including phenoxy) is 1. The lowest BCUT2D eigenvalue weighted by Crippen LogP contribution is -2.13. The van der Waals surface area contributed by atoms with Gasteiger partial charge >= 0.3 is 0 Å². The summed E-state index contributed by atoms with van der Waals surface area (Å²) in [5.41, 5.74) is 1.45. The molecule has 2 aromatic carbocycles. The van der Waals surface area contributed by atoms with Crippen molar-refractivity contribution in [2.45, 2.75) is 0 Å². The van der Waals surface area contributed by atoms with E-state index in [0.29, 0.717) is 32.7 Å². The SMILES string of the molecule is COc1ccc(Cl)cc1NC(=O)c1cc(-c2cc(Cl)ccc2O)n[nH]1. The van der Waals surface area contributed by atoms with Gasteiger partial charge in [0.2, 0.25) is 0 Å². The van der Waals surface area contributed by atoms with Gasteiger partial charge in [-0.05, 0) is 42.5 Å². The number of benzene rings is 2. The molecule has 0 fully saturated rings. The molecule has 0 radical (unpaired) electrons. The van der Waals surface area contributed by atoms with Crippen molar-refractivity contribution in [1.29, 1.82) is 0 Å². The topological polar surface area (TPSA) is 87.2 Å². The Labute approximate surface area is 153 Å². The number of rotatable bonds is 4. The van der Waals surface area contributed by atoms with Gasteiger partial charge in [-0.1, -0.05) is 23.2 Å². The third-order valence-electron chi connectivity index (χ3n) is 3.47. The van der Waals surface area contributed by atoms with Crippen LogP contribution in [0.2, 0.25) is 10.0 Å². The highest BCUT2D eigenvalue weighted by Gasteiger charge is 2.15. The highest BCUT2D eigenvalue weighted by molar-refractivity contribution is 6.31. The molecule has 0 aliphatic heterocycles. The average molecular weight is 378 g/mol. The minimum atomic E-state index is -0.430. The molecule has 128 valence electrons. The lowest BCUT2D eigenvalue weighted by Gasteiger charge is -2.09. The van der Waals surface area contributed by atoms with Gasteiger partial charge in [-0.3, -0.25) is 9.89 Å². The number of nitrogens with one attached hydrogen (secondary N) is 2. The number of aromatic amines is 1. The number of anilines is 1. The second-order valence-electron chi connectivity index (χ2n) is 5.13. The van der Waals surface area contributed by atoms with Crippen LogP contribution in [0.15, 0.2) is 42.5 Å². The second-order valence-corrected chi connectivity index (χ2v) is 6.00. The normalized spacial score (nSPS) is 10.5. The molecule has 25 heavy (non-hydrogen) atoms. The maximum atomic E-state index is 12.4. The summed E-state index contributed by atoms with van der Waals surface area (Å²) in [7, 11) is 1.50. The molecule has 1 amide bonds. The van der Waals surface area contributed by atoms with Crippen LogP contribution >= 0.6 is 23.2 Å². The van der Waals surface area contributed by atoms with Crippen molar-refractivity contribution >= 4 is 34.8 Å². The third kappa shape index (κ3) is 3.70. The Kier molecular flexibility index (Phi) is 4.83. The summed E-state index contributed by atoms with van der Waals surface area (Å²) in [6.07, 6.45) is 0. The lowest BCUT2D eigenvalue weighted by atomic mass is 10.1. The van der Waals surface area contributed by atoms with Gasteiger partial charge in [0, 0.05) is 15.6 Å². The molecule has 0 aliphatic carbocycles. The molecular weight excluding hydrogens is 365 g/mol. The van der Waals surface area contributed by atoms with E-state index >= 15 is 0 Å². The van der Waals surface area contributed by atoms with Crippen molar-refractivity contribution < 1.29 is 14.6 Å². The van der Waals surface area contributed by atoms with E-state index in [4.69, 9.17) is 27.9 Å². The molecule has 6 nitrogen and oxygen atoms in total. The Hall–Kier alpha value is -2.70. The molecule has 0 bridgehead atoms. The van der Waals surface area contributed by atoms with E-state index in [1.807, 2.05) is 0 Å². The number of carbonyl (C=O) groups is 1. The smallest absolute Gasteiger partial charge is 0.273 e. The van der Waals surface area contributed by atoms with Gasteiger partial charge in [-0.15, -0.1) is 0 Å². The summed E-state index contributed by atoms with van der Waals surface area (Å²) >= 11 is 11.9. The number of H-pyrrole nitrogens is 1. The second kappa shape index (κ2) is 7.04. The lowest BCUT2D eigenvalue weighted by molar-refractivity contribution is 0.102. The van der Waals surface area contributed by atoms with Crippen molar-refractivity contribution in [3.63, 3.8) is 0 Å². The molecule has 3 aromatic rings. The van der Waals surface area contributed by atoms with Gasteiger partial charge in [-0.2, -0.15) is 5.10 Å². The molecule has 0 saturated heterocycles. The minimum Gasteiger partial charge on any atom is -0.507 e. The van der Waals surface area contributed by atoms with Gasteiger partial charge in [0.1, 0.15) is 17.2 Å². The first-order chi connectivity index (χ1) is 12.0. The zero-order valence-electron chi connectivity index (χ0n) is 13.0. The van der Waals surface area contributed by atoms with Gasteiger partial charge < -0.3 is 15.2 Å². The summed E-state index contributed by atoms with van der Waals surface area (Å²) in [5.74, 6) is 0.0603. The van der Waals surface area contributed by atoms with Crippen LogP contribution in [0.5, 0.6) is 11.5 Å². The van der Waals surface area contributed by atoms with E-state index < -0.39 is 5.91 Å². The molecule has 0 atom stereocenters. The number of aromatic nitrogens is 2. The van der Waals surface area contributed by atoms with Crippen molar-refractivity contribution in [3.05, 3.63) is 58.2 Å². The van der Waals surface area contributed by atoms with Crippen LogP contribution in [0, 0.1) is 0 Å². The largest absolute Gasteiger partial charge is 0.507 e. The molecule has 0 unspecified atom stereocenters. The number of phenols is 1. The molecule has 0 aliphatic rings. The van der Waals surface area contributed by atoms with Crippen molar-refractivity contribution in [3.8, 4) is 22.8 Å². The van der Waals surface area contributed by atoms with Crippen molar-refractivity contribution in [1.82, 2.24) is 10.2 Å². The molecular formula is C17H13Cl2N3O3.